The molecule has 0 aromatic heterocycles. The number of nitrogens with zero attached hydrogens (tertiary/aromatic N) is 1. The molecule has 0 aliphatic rings. The molecule has 1 amide bonds. The summed E-state index contributed by atoms with van der Waals surface area (Å²) in [5.74, 6) is -1.13. The summed E-state index contributed by atoms with van der Waals surface area (Å²) in [6, 6.07) is 9.01. The molecule has 2 rings (SSSR count). The molecule has 1 N–H and O–H groups in total. The van der Waals surface area contributed by atoms with E-state index in [4.69, 9.17) is 27.9 Å². The first-order valence-electron chi connectivity index (χ1n) is 8.53. The number of amides is 1. The van der Waals surface area contributed by atoms with Crippen LogP contribution in [0.4, 0.5) is 11.4 Å². The topological polar surface area (TPSA) is 92.8 Å². The van der Waals surface area contributed by atoms with E-state index in [1.54, 1.807) is 26.0 Å². The summed E-state index contributed by atoms with van der Waals surface area (Å²) < 4.78 is 30.3. The van der Waals surface area contributed by atoms with Crippen molar-refractivity contribution in [2.24, 2.45) is 0 Å². The fourth-order valence-electron chi connectivity index (χ4n) is 2.48. The van der Waals surface area contributed by atoms with Crippen molar-refractivity contribution in [3.05, 3.63) is 57.6 Å². The van der Waals surface area contributed by atoms with Gasteiger partial charge >= 0.3 is 5.97 Å². The summed E-state index contributed by atoms with van der Waals surface area (Å²) in [4.78, 5) is 24.5. The molecular formula is C19H20Cl2N2O5S. The van der Waals surface area contributed by atoms with Crippen LogP contribution in [0.5, 0.6) is 0 Å². The van der Waals surface area contributed by atoms with Crippen LogP contribution in [0.2, 0.25) is 10.0 Å². The number of sulfonamides is 1. The molecule has 0 fully saturated rings. The Hall–Kier alpha value is -2.29. The third-order valence-electron chi connectivity index (χ3n) is 3.89. The predicted octanol–water partition coefficient (Wildman–Crippen LogP) is 3.88. The van der Waals surface area contributed by atoms with E-state index in [1.165, 1.54) is 24.3 Å². The van der Waals surface area contributed by atoms with E-state index in [1.807, 2.05) is 0 Å². The average Bonchev–Trinajstić information content (AvgIpc) is 2.61. The fraction of sp³-hybridized carbons (Fsp3) is 0.263. The van der Waals surface area contributed by atoms with Gasteiger partial charge in [-0.15, -0.1) is 0 Å². The predicted molar refractivity (Wildman–Crippen MR) is 114 cm³/mol. The number of carbonyl (C=O) groups is 2. The van der Waals surface area contributed by atoms with Gasteiger partial charge in [-0.2, -0.15) is 0 Å². The second-order valence-electron chi connectivity index (χ2n) is 6.16. The minimum Gasteiger partial charge on any atom is -0.462 e. The zero-order chi connectivity index (χ0) is 21.8. The van der Waals surface area contributed by atoms with Gasteiger partial charge in [0, 0.05) is 10.7 Å². The zero-order valence-electron chi connectivity index (χ0n) is 16.0. The number of esters is 1. The molecule has 0 radical (unpaired) electrons. The summed E-state index contributed by atoms with van der Waals surface area (Å²) in [7, 11) is -3.81. The normalized spacial score (nSPS) is 11.1. The number of hydrogen-bond donors (Lipinski definition) is 1. The molecule has 0 heterocycles. The van der Waals surface area contributed by atoms with E-state index in [9.17, 15) is 18.0 Å². The minimum absolute atomic E-state index is 0.0937. The van der Waals surface area contributed by atoms with Gasteiger partial charge in [0.05, 0.1) is 29.1 Å². The fourth-order valence-corrected chi connectivity index (χ4v) is 3.91. The van der Waals surface area contributed by atoms with Gasteiger partial charge in [0.25, 0.3) is 0 Å². The van der Waals surface area contributed by atoms with Crippen LogP contribution < -0.4 is 9.62 Å². The van der Waals surface area contributed by atoms with Crippen molar-refractivity contribution in [2.45, 2.75) is 13.8 Å². The summed E-state index contributed by atoms with van der Waals surface area (Å²) in [6.07, 6.45) is 0.970. The van der Waals surface area contributed by atoms with E-state index in [0.717, 1.165) is 10.6 Å². The molecule has 0 aliphatic carbocycles. The summed E-state index contributed by atoms with van der Waals surface area (Å²) in [6.45, 7) is 3.15. The van der Waals surface area contributed by atoms with Gasteiger partial charge in [0.1, 0.15) is 6.54 Å². The van der Waals surface area contributed by atoms with Gasteiger partial charge in [-0.25, -0.2) is 13.2 Å². The monoisotopic (exact) mass is 458 g/mol. The van der Waals surface area contributed by atoms with Crippen LogP contribution in [-0.2, 0) is 19.6 Å². The molecular weight excluding hydrogens is 439 g/mol. The highest BCUT2D eigenvalue weighted by Crippen LogP contribution is 2.30. The Morgan fingerprint density at radius 1 is 1.14 bits per heavy atom. The molecule has 0 aliphatic heterocycles. The van der Waals surface area contributed by atoms with E-state index in [-0.39, 0.29) is 22.9 Å². The Morgan fingerprint density at radius 3 is 2.41 bits per heavy atom. The van der Waals surface area contributed by atoms with Crippen LogP contribution in [0.1, 0.15) is 22.8 Å². The van der Waals surface area contributed by atoms with Crippen molar-refractivity contribution >= 4 is 56.5 Å². The maximum atomic E-state index is 12.6. The van der Waals surface area contributed by atoms with Gasteiger partial charge in [-0.1, -0.05) is 29.3 Å². The third kappa shape index (κ3) is 6.09. The average molecular weight is 459 g/mol. The highest BCUT2D eigenvalue weighted by molar-refractivity contribution is 7.92. The highest BCUT2D eigenvalue weighted by atomic mass is 35.5. The maximum absolute atomic E-state index is 12.6. The van der Waals surface area contributed by atoms with Crippen LogP contribution >= 0.6 is 23.2 Å². The van der Waals surface area contributed by atoms with Crippen molar-refractivity contribution in [1.82, 2.24) is 0 Å². The van der Waals surface area contributed by atoms with Crippen LogP contribution in [0.15, 0.2) is 36.4 Å². The molecule has 0 bridgehead atoms. The van der Waals surface area contributed by atoms with Gasteiger partial charge in [-0.05, 0) is 49.7 Å². The molecule has 2 aromatic rings. The van der Waals surface area contributed by atoms with Crippen molar-refractivity contribution in [3.63, 3.8) is 0 Å². The lowest BCUT2D eigenvalue weighted by molar-refractivity contribution is -0.114. The number of ether oxygens (including phenoxy) is 1. The summed E-state index contributed by atoms with van der Waals surface area (Å²) in [5.41, 5.74) is 1.47. The lowest BCUT2D eigenvalue weighted by Crippen LogP contribution is -2.37. The summed E-state index contributed by atoms with van der Waals surface area (Å²) >= 11 is 12.0. The van der Waals surface area contributed by atoms with Crippen molar-refractivity contribution in [1.29, 1.82) is 0 Å². The number of carbonyl (C=O) groups excluding carboxylic acids is 2. The standard InChI is InChI=1S/C19H20Cl2N2O5S/c1-4-28-19(25)13-6-5-12(2)16(9-13)22-18(24)11-23(29(3,26)27)17-8-7-14(20)10-15(17)21/h5-10H,4,11H2,1-3H3,(H,22,24). The molecule has 29 heavy (non-hydrogen) atoms. The first kappa shape index (κ1) is 23.0. The van der Waals surface area contributed by atoms with Gasteiger partial charge in [0.2, 0.25) is 15.9 Å². The molecule has 0 atom stereocenters. The van der Waals surface area contributed by atoms with Gasteiger partial charge in [0.15, 0.2) is 0 Å². The lowest BCUT2D eigenvalue weighted by atomic mass is 10.1. The lowest BCUT2D eigenvalue weighted by Gasteiger charge is -2.23. The third-order valence-corrected chi connectivity index (χ3v) is 5.55. The Morgan fingerprint density at radius 2 is 1.83 bits per heavy atom. The number of rotatable bonds is 7. The molecule has 0 saturated heterocycles. The van der Waals surface area contributed by atoms with Crippen molar-refractivity contribution < 1.29 is 22.7 Å². The largest absolute Gasteiger partial charge is 0.462 e. The second kappa shape index (κ2) is 9.47. The van der Waals surface area contributed by atoms with E-state index < -0.39 is 28.4 Å². The Balaban J connectivity index is 2.27. The van der Waals surface area contributed by atoms with E-state index in [2.05, 4.69) is 5.32 Å². The summed E-state index contributed by atoms with van der Waals surface area (Å²) in [5, 5.41) is 3.06. The van der Waals surface area contributed by atoms with Crippen molar-refractivity contribution in [3.8, 4) is 0 Å². The second-order valence-corrected chi connectivity index (χ2v) is 8.91. The molecule has 0 unspecified atom stereocenters. The Bertz CT molecular complexity index is 1040. The van der Waals surface area contributed by atoms with Gasteiger partial charge < -0.3 is 10.1 Å². The number of hydrogen-bond acceptors (Lipinski definition) is 5. The van der Waals surface area contributed by atoms with Crippen LogP contribution in [0.3, 0.4) is 0 Å². The Labute approximate surface area is 179 Å². The molecule has 0 spiro atoms. The van der Waals surface area contributed by atoms with E-state index >= 15 is 0 Å². The molecule has 156 valence electrons. The maximum Gasteiger partial charge on any atom is 0.338 e. The van der Waals surface area contributed by atoms with Gasteiger partial charge in [-0.3, -0.25) is 9.10 Å². The molecule has 10 heteroatoms. The Kier molecular flexibility index (Phi) is 7.51. The number of aryl methyl sites for hydroxylation is 1. The zero-order valence-corrected chi connectivity index (χ0v) is 18.4. The molecule has 7 nitrogen and oxygen atoms in total. The minimum atomic E-state index is -3.81. The van der Waals surface area contributed by atoms with Crippen molar-refractivity contribution in [2.75, 3.05) is 29.0 Å². The molecule has 2 aromatic carbocycles. The van der Waals surface area contributed by atoms with Crippen LogP contribution in [0.25, 0.3) is 0 Å². The first-order chi connectivity index (χ1) is 13.5. The number of benzene rings is 2. The SMILES string of the molecule is CCOC(=O)c1ccc(C)c(NC(=O)CN(c2ccc(Cl)cc2Cl)S(C)(=O)=O)c1. The molecule has 0 saturated carbocycles. The number of nitrogens with one attached hydrogen (secondary N) is 1. The van der Waals surface area contributed by atoms with Crippen LogP contribution in [0, 0.1) is 6.92 Å². The van der Waals surface area contributed by atoms with Crippen LogP contribution in [-0.4, -0.2) is 39.7 Å². The smallest absolute Gasteiger partial charge is 0.338 e. The quantitative estimate of drug-likeness (QED) is 0.635. The van der Waals surface area contributed by atoms with E-state index in [0.29, 0.717) is 16.3 Å². The first-order valence-corrected chi connectivity index (χ1v) is 11.1. The number of anilines is 2. The highest BCUT2D eigenvalue weighted by Gasteiger charge is 2.23. The number of halogens is 2.